The first-order chi connectivity index (χ1) is 9.83. The number of imidazole rings is 1. The molecule has 6 nitrogen and oxygen atoms in total. The van der Waals surface area contributed by atoms with Gasteiger partial charge in [0.1, 0.15) is 11.3 Å². The molecule has 0 unspecified atom stereocenters. The number of aromatic amines is 1. The highest BCUT2D eigenvalue weighted by Gasteiger charge is 2.19. The number of nitrogens with one attached hydrogen (secondary N) is 1. The normalized spacial score (nSPS) is 15.3. The van der Waals surface area contributed by atoms with Gasteiger partial charge in [-0.25, -0.2) is 4.98 Å². The topological polar surface area (TPSA) is 62.1 Å². The molecular formula is C14H16N6. The quantitative estimate of drug-likeness (QED) is 0.772. The Balaban J connectivity index is 1.81. The van der Waals surface area contributed by atoms with Gasteiger partial charge >= 0.3 is 0 Å². The zero-order valence-corrected chi connectivity index (χ0v) is 11.4. The minimum absolute atomic E-state index is 0.781. The van der Waals surface area contributed by atoms with Crippen molar-refractivity contribution in [3.05, 3.63) is 30.1 Å². The predicted octanol–water partition coefficient (Wildman–Crippen LogP) is 2.03. The standard InChI is InChI=1S/C14H16N6/c1-10-12(20-9-3-2-6-11(20)15-10)13-16-14(18-17-13)19-7-4-5-8-19/h2-3,6,9H,4-5,7-8H2,1H3,(H,16,17,18). The molecule has 0 amide bonds. The molecule has 20 heavy (non-hydrogen) atoms. The first kappa shape index (κ1) is 11.5. The summed E-state index contributed by atoms with van der Waals surface area (Å²) in [5.74, 6) is 1.57. The van der Waals surface area contributed by atoms with E-state index in [2.05, 4.69) is 25.1 Å². The number of hydrogen-bond acceptors (Lipinski definition) is 4. The summed E-state index contributed by atoms with van der Waals surface area (Å²) in [5, 5.41) is 7.41. The molecular weight excluding hydrogens is 252 g/mol. The van der Waals surface area contributed by atoms with Crippen molar-refractivity contribution < 1.29 is 0 Å². The van der Waals surface area contributed by atoms with E-state index in [1.165, 1.54) is 12.8 Å². The minimum atomic E-state index is 0.781. The van der Waals surface area contributed by atoms with Crippen molar-refractivity contribution in [2.24, 2.45) is 0 Å². The van der Waals surface area contributed by atoms with E-state index in [1.54, 1.807) is 0 Å². The Morgan fingerprint density at radius 2 is 2.00 bits per heavy atom. The number of aryl methyl sites for hydroxylation is 1. The van der Waals surface area contributed by atoms with Crippen molar-refractivity contribution in [2.45, 2.75) is 19.8 Å². The van der Waals surface area contributed by atoms with Crippen molar-refractivity contribution in [1.82, 2.24) is 24.6 Å². The Kier molecular flexibility index (Phi) is 2.48. The van der Waals surface area contributed by atoms with Gasteiger partial charge in [0.15, 0.2) is 5.82 Å². The van der Waals surface area contributed by atoms with Crippen LogP contribution in [0.15, 0.2) is 24.4 Å². The van der Waals surface area contributed by atoms with Crippen molar-refractivity contribution in [1.29, 1.82) is 0 Å². The summed E-state index contributed by atoms with van der Waals surface area (Å²) in [4.78, 5) is 11.4. The van der Waals surface area contributed by atoms with Crippen LogP contribution in [0, 0.1) is 6.92 Å². The van der Waals surface area contributed by atoms with Crippen molar-refractivity contribution >= 4 is 11.6 Å². The molecule has 4 heterocycles. The molecule has 0 aliphatic carbocycles. The summed E-state index contributed by atoms with van der Waals surface area (Å²) in [6.45, 7) is 4.09. The Hall–Kier alpha value is -2.37. The molecule has 0 radical (unpaired) electrons. The van der Waals surface area contributed by atoms with Gasteiger partial charge in [0.2, 0.25) is 5.95 Å². The summed E-state index contributed by atoms with van der Waals surface area (Å²) >= 11 is 0. The van der Waals surface area contributed by atoms with Gasteiger partial charge in [-0.1, -0.05) is 6.07 Å². The molecule has 6 heteroatoms. The third-order valence-corrected chi connectivity index (χ3v) is 3.79. The second kappa shape index (κ2) is 4.33. The van der Waals surface area contributed by atoms with Crippen LogP contribution in [0.25, 0.3) is 17.2 Å². The van der Waals surface area contributed by atoms with Crippen LogP contribution in [0.2, 0.25) is 0 Å². The largest absolute Gasteiger partial charge is 0.340 e. The highest BCUT2D eigenvalue weighted by molar-refractivity contribution is 5.61. The number of nitrogens with zero attached hydrogens (tertiary/aromatic N) is 5. The van der Waals surface area contributed by atoms with Crippen LogP contribution >= 0.6 is 0 Å². The molecule has 3 aromatic heterocycles. The van der Waals surface area contributed by atoms with Crippen LogP contribution in [-0.4, -0.2) is 37.7 Å². The lowest BCUT2D eigenvalue weighted by Crippen LogP contribution is -2.18. The van der Waals surface area contributed by atoms with E-state index in [9.17, 15) is 0 Å². The maximum absolute atomic E-state index is 4.64. The molecule has 0 spiro atoms. The average molecular weight is 268 g/mol. The lowest BCUT2D eigenvalue weighted by Gasteiger charge is -2.10. The molecule has 0 aromatic carbocycles. The highest BCUT2D eigenvalue weighted by atomic mass is 15.4. The van der Waals surface area contributed by atoms with Gasteiger partial charge in [-0.2, -0.15) is 4.98 Å². The van der Waals surface area contributed by atoms with E-state index in [-0.39, 0.29) is 0 Å². The molecule has 102 valence electrons. The van der Waals surface area contributed by atoms with E-state index in [0.717, 1.165) is 41.9 Å². The fraction of sp³-hybridized carbons (Fsp3) is 0.357. The minimum Gasteiger partial charge on any atom is -0.340 e. The van der Waals surface area contributed by atoms with E-state index in [0.29, 0.717) is 0 Å². The number of aromatic nitrogens is 5. The number of rotatable bonds is 2. The Morgan fingerprint density at radius 3 is 2.85 bits per heavy atom. The third kappa shape index (κ3) is 1.68. The van der Waals surface area contributed by atoms with Crippen LogP contribution in [0.1, 0.15) is 18.5 Å². The van der Waals surface area contributed by atoms with Gasteiger partial charge in [0.05, 0.1) is 5.69 Å². The van der Waals surface area contributed by atoms with Crippen LogP contribution in [-0.2, 0) is 0 Å². The van der Waals surface area contributed by atoms with E-state index in [1.807, 2.05) is 35.7 Å². The zero-order valence-electron chi connectivity index (χ0n) is 11.4. The molecule has 3 aromatic rings. The number of anilines is 1. The average Bonchev–Trinajstić information content (AvgIpc) is 3.16. The first-order valence-electron chi connectivity index (χ1n) is 6.94. The van der Waals surface area contributed by atoms with Gasteiger partial charge in [-0.05, 0) is 31.9 Å². The summed E-state index contributed by atoms with van der Waals surface area (Å²) in [7, 11) is 0. The zero-order chi connectivity index (χ0) is 13.5. The summed E-state index contributed by atoms with van der Waals surface area (Å²) in [6.07, 6.45) is 4.44. The number of pyridine rings is 1. The van der Waals surface area contributed by atoms with Gasteiger partial charge in [-0.15, -0.1) is 5.10 Å². The van der Waals surface area contributed by atoms with Crippen molar-refractivity contribution in [2.75, 3.05) is 18.0 Å². The van der Waals surface area contributed by atoms with Crippen LogP contribution in [0.4, 0.5) is 5.95 Å². The van der Waals surface area contributed by atoms with E-state index < -0.39 is 0 Å². The Bertz CT molecular complexity index is 750. The molecule has 0 bridgehead atoms. The van der Waals surface area contributed by atoms with Crippen LogP contribution in [0.5, 0.6) is 0 Å². The highest BCUT2D eigenvalue weighted by Crippen LogP contribution is 2.24. The van der Waals surface area contributed by atoms with Gasteiger partial charge < -0.3 is 4.90 Å². The summed E-state index contributed by atoms with van der Waals surface area (Å²) in [5.41, 5.74) is 2.87. The molecule has 1 saturated heterocycles. The SMILES string of the molecule is Cc1nc2ccccn2c1-c1nc(N2CCCC2)n[nH]1. The number of hydrogen-bond donors (Lipinski definition) is 1. The molecule has 1 aliphatic heterocycles. The molecule has 4 rings (SSSR count). The number of H-pyrrole nitrogens is 1. The van der Waals surface area contributed by atoms with Gasteiger partial charge in [-0.3, -0.25) is 9.50 Å². The molecule has 1 aliphatic rings. The second-order valence-electron chi connectivity index (χ2n) is 5.15. The molecule has 1 N–H and O–H groups in total. The van der Waals surface area contributed by atoms with Crippen LogP contribution in [0.3, 0.4) is 0 Å². The van der Waals surface area contributed by atoms with Gasteiger partial charge in [0.25, 0.3) is 0 Å². The molecule has 1 fully saturated rings. The Morgan fingerprint density at radius 1 is 1.15 bits per heavy atom. The third-order valence-electron chi connectivity index (χ3n) is 3.79. The molecule has 0 atom stereocenters. The fourth-order valence-electron chi connectivity index (χ4n) is 2.82. The first-order valence-corrected chi connectivity index (χ1v) is 6.94. The predicted molar refractivity (Wildman–Crippen MR) is 76.8 cm³/mol. The van der Waals surface area contributed by atoms with Crippen molar-refractivity contribution in [3.63, 3.8) is 0 Å². The number of fused-ring (bicyclic) bond motifs is 1. The Labute approximate surface area is 116 Å². The van der Waals surface area contributed by atoms with Crippen LogP contribution < -0.4 is 4.90 Å². The monoisotopic (exact) mass is 268 g/mol. The maximum atomic E-state index is 4.64. The van der Waals surface area contributed by atoms with E-state index >= 15 is 0 Å². The van der Waals surface area contributed by atoms with E-state index in [4.69, 9.17) is 0 Å². The second-order valence-corrected chi connectivity index (χ2v) is 5.15. The van der Waals surface area contributed by atoms with Gasteiger partial charge in [0, 0.05) is 19.3 Å². The lowest BCUT2D eigenvalue weighted by atomic mass is 10.3. The van der Waals surface area contributed by atoms with Crippen molar-refractivity contribution in [3.8, 4) is 11.5 Å². The lowest BCUT2D eigenvalue weighted by molar-refractivity contribution is 0.903. The summed E-state index contributed by atoms with van der Waals surface area (Å²) in [6, 6.07) is 5.98. The molecule has 0 saturated carbocycles. The fourth-order valence-corrected chi connectivity index (χ4v) is 2.82. The summed E-state index contributed by atoms with van der Waals surface area (Å²) < 4.78 is 2.05. The smallest absolute Gasteiger partial charge is 0.245 e. The maximum Gasteiger partial charge on any atom is 0.245 e.